The predicted molar refractivity (Wildman–Crippen MR) is 90.3 cm³/mol. The van der Waals surface area contributed by atoms with Crippen molar-refractivity contribution in [2.75, 3.05) is 11.9 Å². The number of ether oxygens (including phenoxy) is 1. The third-order valence-electron chi connectivity index (χ3n) is 4.65. The highest BCUT2D eigenvalue weighted by Gasteiger charge is 2.34. The van der Waals surface area contributed by atoms with E-state index in [1.807, 2.05) is 0 Å². The second-order valence-corrected chi connectivity index (χ2v) is 7.09. The Kier molecular flexibility index (Phi) is 4.18. The third-order valence-corrected chi connectivity index (χ3v) is 5.62. The van der Waals surface area contributed by atoms with Gasteiger partial charge in [0, 0.05) is 12.6 Å². The molecule has 0 aliphatic carbocycles. The number of hydrogen-bond donors (Lipinski definition) is 1. The minimum atomic E-state index is 0.0587. The quantitative estimate of drug-likeness (QED) is 0.884. The van der Waals surface area contributed by atoms with Crippen LogP contribution in [0.4, 0.5) is 5.13 Å². The molecule has 0 saturated carbocycles. The molecule has 3 nitrogen and oxygen atoms in total. The molecule has 1 aromatic carbocycles. The molecule has 0 amide bonds. The smallest absolute Gasteiger partial charge is 0.184 e. The first-order valence-electron chi connectivity index (χ1n) is 7.92. The van der Waals surface area contributed by atoms with Crippen LogP contribution in [-0.2, 0) is 4.74 Å². The summed E-state index contributed by atoms with van der Waals surface area (Å²) in [4.78, 5) is 4.73. The molecular formula is C17H24N2OS. The van der Waals surface area contributed by atoms with Gasteiger partial charge in [-0.15, -0.1) is 0 Å². The lowest BCUT2D eigenvalue weighted by atomic mass is 9.86. The Morgan fingerprint density at radius 1 is 1.38 bits per heavy atom. The van der Waals surface area contributed by atoms with Crippen LogP contribution in [0.5, 0.6) is 0 Å². The van der Waals surface area contributed by atoms with Gasteiger partial charge in [-0.1, -0.05) is 31.3 Å². The Balaban J connectivity index is 1.75. The first-order valence-corrected chi connectivity index (χ1v) is 8.73. The van der Waals surface area contributed by atoms with Gasteiger partial charge in [-0.3, -0.25) is 0 Å². The molecular weight excluding hydrogens is 280 g/mol. The molecule has 21 heavy (non-hydrogen) atoms. The Morgan fingerprint density at radius 3 is 2.95 bits per heavy atom. The van der Waals surface area contributed by atoms with E-state index in [1.165, 1.54) is 10.3 Å². The minimum absolute atomic E-state index is 0.0587. The number of thiazole rings is 1. The maximum atomic E-state index is 6.05. The minimum Gasteiger partial charge on any atom is -0.375 e. The van der Waals surface area contributed by atoms with Gasteiger partial charge in [-0.2, -0.15) is 0 Å². The number of nitrogens with zero attached hydrogens (tertiary/aromatic N) is 1. The molecule has 0 radical (unpaired) electrons. The highest BCUT2D eigenvalue weighted by Crippen LogP contribution is 2.34. The van der Waals surface area contributed by atoms with Gasteiger partial charge >= 0.3 is 0 Å². The maximum absolute atomic E-state index is 6.05. The van der Waals surface area contributed by atoms with Crippen molar-refractivity contribution in [2.24, 2.45) is 0 Å². The van der Waals surface area contributed by atoms with E-state index in [9.17, 15) is 0 Å². The van der Waals surface area contributed by atoms with Crippen molar-refractivity contribution >= 4 is 26.7 Å². The topological polar surface area (TPSA) is 34.2 Å². The Hall–Kier alpha value is -1.13. The van der Waals surface area contributed by atoms with Crippen LogP contribution in [0.1, 0.15) is 45.1 Å². The Labute approximate surface area is 130 Å². The maximum Gasteiger partial charge on any atom is 0.184 e. The second-order valence-electron chi connectivity index (χ2n) is 6.06. The van der Waals surface area contributed by atoms with Gasteiger partial charge in [-0.05, 0) is 50.3 Å². The van der Waals surface area contributed by atoms with E-state index in [0.29, 0.717) is 6.04 Å². The summed E-state index contributed by atoms with van der Waals surface area (Å²) < 4.78 is 7.31. The fourth-order valence-corrected chi connectivity index (χ4v) is 4.09. The summed E-state index contributed by atoms with van der Waals surface area (Å²) in [7, 11) is 0. The fraction of sp³-hybridized carbons (Fsp3) is 0.588. The second kappa shape index (κ2) is 5.93. The van der Waals surface area contributed by atoms with E-state index in [4.69, 9.17) is 9.72 Å². The number of nitrogens with one attached hydrogen (secondary N) is 1. The van der Waals surface area contributed by atoms with Crippen molar-refractivity contribution in [3.8, 4) is 0 Å². The van der Waals surface area contributed by atoms with Crippen LogP contribution in [0.2, 0.25) is 0 Å². The standard InChI is InChI=1S/C17H24N2OS/c1-4-17(5-2)11-13(8-9-20-17)18-16-19-14-10-12(3)6-7-15(14)21-16/h6-7,10,13H,4-5,8-9,11H2,1-3H3,(H,18,19). The highest BCUT2D eigenvalue weighted by atomic mass is 32.1. The first kappa shape index (κ1) is 14.8. The van der Waals surface area contributed by atoms with E-state index in [1.54, 1.807) is 11.3 Å². The molecule has 114 valence electrons. The molecule has 1 aliphatic heterocycles. The molecule has 2 heterocycles. The molecule has 0 bridgehead atoms. The summed E-state index contributed by atoms with van der Waals surface area (Å²) in [6.07, 6.45) is 4.31. The van der Waals surface area contributed by atoms with Crippen molar-refractivity contribution in [1.82, 2.24) is 4.98 Å². The monoisotopic (exact) mass is 304 g/mol. The van der Waals surface area contributed by atoms with Gasteiger partial charge in [0.2, 0.25) is 0 Å². The van der Waals surface area contributed by atoms with Gasteiger partial charge in [0.15, 0.2) is 5.13 Å². The lowest BCUT2D eigenvalue weighted by Gasteiger charge is -2.40. The van der Waals surface area contributed by atoms with E-state index in [0.717, 1.165) is 42.9 Å². The Bertz CT molecular complexity index is 618. The van der Waals surface area contributed by atoms with Crippen molar-refractivity contribution in [3.63, 3.8) is 0 Å². The highest BCUT2D eigenvalue weighted by molar-refractivity contribution is 7.22. The zero-order valence-corrected chi connectivity index (χ0v) is 13.9. The summed E-state index contributed by atoms with van der Waals surface area (Å²) in [6.45, 7) is 7.42. The summed E-state index contributed by atoms with van der Waals surface area (Å²) in [5.74, 6) is 0. The molecule has 1 aliphatic rings. The fourth-order valence-electron chi connectivity index (χ4n) is 3.17. The lowest BCUT2D eigenvalue weighted by molar-refractivity contribution is -0.0864. The largest absolute Gasteiger partial charge is 0.375 e. The van der Waals surface area contributed by atoms with Crippen LogP contribution in [0, 0.1) is 6.92 Å². The number of benzene rings is 1. The van der Waals surface area contributed by atoms with E-state index < -0.39 is 0 Å². The first-order chi connectivity index (χ1) is 10.1. The van der Waals surface area contributed by atoms with Crippen LogP contribution in [0.25, 0.3) is 10.2 Å². The Morgan fingerprint density at radius 2 is 2.19 bits per heavy atom. The zero-order valence-electron chi connectivity index (χ0n) is 13.1. The van der Waals surface area contributed by atoms with Crippen LogP contribution in [0.15, 0.2) is 18.2 Å². The van der Waals surface area contributed by atoms with Crippen LogP contribution in [-0.4, -0.2) is 23.2 Å². The molecule has 3 rings (SSSR count). The van der Waals surface area contributed by atoms with Crippen molar-refractivity contribution < 1.29 is 4.74 Å². The molecule has 1 saturated heterocycles. The molecule has 1 aromatic heterocycles. The third kappa shape index (κ3) is 3.06. The molecule has 1 unspecified atom stereocenters. The molecule has 2 aromatic rings. The summed E-state index contributed by atoms with van der Waals surface area (Å²) in [5, 5.41) is 4.69. The number of anilines is 1. The molecule has 0 spiro atoms. The van der Waals surface area contributed by atoms with Gasteiger partial charge in [0.25, 0.3) is 0 Å². The number of rotatable bonds is 4. The summed E-state index contributed by atoms with van der Waals surface area (Å²) in [6, 6.07) is 6.95. The van der Waals surface area contributed by atoms with Gasteiger partial charge < -0.3 is 10.1 Å². The molecule has 4 heteroatoms. The van der Waals surface area contributed by atoms with E-state index >= 15 is 0 Å². The number of fused-ring (bicyclic) bond motifs is 1. The van der Waals surface area contributed by atoms with E-state index in [2.05, 4.69) is 44.3 Å². The number of aryl methyl sites for hydroxylation is 1. The SMILES string of the molecule is CCC1(CC)CC(Nc2nc3cc(C)ccc3s2)CCO1. The van der Waals surface area contributed by atoms with Gasteiger partial charge in [0.05, 0.1) is 15.8 Å². The average Bonchev–Trinajstić information content (AvgIpc) is 2.88. The zero-order chi connectivity index (χ0) is 14.9. The van der Waals surface area contributed by atoms with Crippen molar-refractivity contribution in [2.45, 2.75) is 58.1 Å². The lowest BCUT2D eigenvalue weighted by Crippen LogP contribution is -2.43. The normalized spacial score (nSPS) is 21.6. The molecule has 1 N–H and O–H groups in total. The molecule has 1 atom stereocenters. The van der Waals surface area contributed by atoms with Crippen molar-refractivity contribution in [1.29, 1.82) is 0 Å². The van der Waals surface area contributed by atoms with Crippen molar-refractivity contribution in [3.05, 3.63) is 23.8 Å². The molecule has 1 fully saturated rings. The number of aromatic nitrogens is 1. The van der Waals surface area contributed by atoms with Gasteiger partial charge in [-0.25, -0.2) is 4.98 Å². The average molecular weight is 304 g/mol. The van der Waals surface area contributed by atoms with Crippen LogP contribution >= 0.6 is 11.3 Å². The van der Waals surface area contributed by atoms with E-state index in [-0.39, 0.29) is 5.60 Å². The summed E-state index contributed by atoms with van der Waals surface area (Å²) in [5.41, 5.74) is 2.43. The summed E-state index contributed by atoms with van der Waals surface area (Å²) >= 11 is 1.75. The number of hydrogen-bond acceptors (Lipinski definition) is 4. The van der Waals surface area contributed by atoms with Crippen LogP contribution in [0.3, 0.4) is 0 Å². The van der Waals surface area contributed by atoms with Crippen LogP contribution < -0.4 is 5.32 Å². The van der Waals surface area contributed by atoms with Gasteiger partial charge in [0.1, 0.15) is 0 Å². The predicted octanol–water partition coefficient (Wildman–Crippen LogP) is 4.75.